The highest BCUT2D eigenvalue weighted by molar-refractivity contribution is 8.04. The third kappa shape index (κ3) is 3.96. The standard InChI is InChI=1S/C41H29N3S2/c1-2-5-16-28(17-6-3-1)40-42-37(30-19-11-18-29(26-30)27-14-7-4-8-15-27)41-43(44(40)42)38-32(21-13-25-36(38)46-41)34-23-12-22-33-31-20-9-10-24-35(31)45-39(33)34/h2,4-26,40H,1,3H2/b5-2-,17-6-,28-16+. The molecule has 2 atom stereocenters. The minimum atomic E-state index is 0.137. The van der Waals surface area contributed by atoms with Gasteiger partial charge in [0.15, 0.2) is 6.17 Å². The maximum absolute atomic E-state index is 2.51. The summed E-state index contributed by atoms with van der Waals surface area (Å²) in [4.78, 5) is 1.30. The maximum atomic E-state index is 2.51. The lowest BCUT2D eigenvalue weighted by molar-refractivity contribution is 0.419. The normalized spacial score (nSPS) is 22.2. The fraction of sp³-hybridized carbons (Fsp3) is 0.0732. The van der Waals surface area contributed by atoms with E-state index in [2.05, 4.69) is 161 Å². The second-order valence-electron chi connectivity index (χ2n) is 12.1. The van der Waals surface area contributed by atoms with E-state index in [0.29, 0.717) is 0 Å². The molecule has 46 heavy (non-hydrogen) atoms. The highest BCUT2D eigenvalue weighted by Crippen LogP contribution is 2.63. The van der Waals surface area contributed by atoms with Crippen LogP contribution >= 0.6 is 23.1 Å². The quantitative estimate of drug-likeness (QED) is 0.180. The number of rotatable bonds is 4. The molecule has 0 amide bonds. The monoisotopic (exact) mass is 627 g/mol. The van der Waals surface area contributed by atoms with Crippen molar-refractivity contribution in [2.24, 2.45) is 0 Å². The Morgan fingerprint density at radius 3 is 2.37 bits per heavy atom. The van der Waals surface area contributed by atoms with Crippen molar-refractivity contribution in [3.05, 3.63) is 162 Å². The molecule has 3 nitrogen and oxygen atoms in total. The van der Waals surface area contributed by atoms with E-state index < -0.39 is 0 Å². The Balaban J connectivity index is 1.17. The Morgan fingerprint density at radius 1 is 0.652 bits per heavy atom. The number of benzene rings is 5. The number of para-hydroxylation sites is 1. The van der Waals surface area contributed by atoms with Crippen LogP contribution < -0.4 is 5.01 Å². The molecule has 6 aromatic rings. The van der Waals surface area contributed by atoms with Gasteiger partial charge in [0.2, 0.25) is 0 Å². The Kier molecular flexibility index (Phi) is 5.95. The van der Waals surface area contributed by atoms with Crippen LogP contribution in [0.15, 0.2) is 161 Å². The number of anilines is 1. The lowest BCUT2D eigenvalue weighted by atomic mass is 10.0. The van der Waals surface area contributed by atoms with Crippen LogP contribution in [0, 0.1) is 0 Å². The van der Waals surface area contributed by atoms with Crippen LogP contribution in [0.3, 0.4) is 0 Å². The summed E-state index contributed by atoms with van der Waals surface area (Å²) in [5, 5.41) is 11.4. The van der Waals surface area contributed by atoms with E-state index in [1.165, 1.54) is 74.9 Å². The third-order valence-corrected chi connectivity index (χ3v) is 11.7. The minimum absolute atomic E-state index is 0.137. The summed E-state index contributed by atoms with van der Waals surface area (Å²) in [5.41, 5.74) is 10.2. The molecule has 4 heterocycles. The SMILES string of the molecule is C1=C/CC\C=C/C(C2N3C(c4cccc(-c5ccccc5)c4)=C4Sc5cccc(-c6cccc7c6sc6ccccc67)c5N4N23)=C\1. The second-order valence-corrected chi connectivity index (χ2v) is 14.1. The number of fused-ring (bicyclic) bond motifs is 8. The number of nitrogens with zero attached hydrogens (tertiary/aromatic N) is 3. The van der Waals surface area contributed by atoms with E-state index in [1.54, 1.807) is 0 Å². The molecule has 5 heteroatoms. The number of allylic oxidation sites excluding steroid dienone is 4. The molecule has 3 aliphatic heterocycles. The summed E-state index contributed by atoms with van der Waals surface area (Å²) < 4.78 is 2.69. The lowest BCUT2D eigenvalue weighted by Crippen LogP contribution is -2.25. The van der Waals surface area contributed by atoms with Gasteiger partial charge in [-0.3, -0.25) is 5.01 Å². The molecule has 0 N–H and O–H groups in total. The summed E-state index contributed by atoms with van der Waals surface area (Å²) in [6.45, 7) is 0. The first-order chi connectivity index (χ1) is 22.8. The van der Waals surface area contributed by atoms with Crippen molar-refractivity contribution in [3.63, 3.8) is 0 Å². The van der Waals surface area contributed by atoms with Crippen LogP contribution in [0.25, 0.3) is 48.1 Å². The van der Waals surface area contributed by atoms with Gasteiger partial charge in [-0.2, -0.15) is 0 Å². The molecule has 220 valence electrons. The van der Waals surface area contributed by atoms with Crippen LogP contribution in [-0.2, 0) is 0 Å². The Bertz CT molecular complexity index is 2330. The smallest absolute Gasteiger partial charge is 0.163 e. The van der Waals surface area contributed by atoms with Crippen molar-refractivity contribution in [1.82, 2.24) is 10.1 Å². The Morgan fingerprint density at radius 2 is 1.41 bits per heavy atom. The molecule has 10 rings (SSSR count). The van der Waals surface area contributed by atoms with Gasteiger partial charge in [-0.05, 0) is 47.7 Å². The summed E-state index contributed by atoms with van der Waals surface area (Å²) in [7, 11) is 0. The van der Waals surface area contributed by atoms with E-state index >= 15 is 0 Å². The van der Waals surface area contributed by atoms with Crippen molar-refractivity contribution in [2.75, 3.05) is 5.01 Å². The fourth-order valence-electron chi connectivity index (χ4n) is 7.21. The summed E-state index contributed by atoms with van der Waals surface area (Å²) in [6.07, 6.45) is 13.8. The first kappa shape index (κ1) is 26.4. The molecule has 5 aromatic carbocycles. The third-order valence-electron chi connectivity index (χ3n) is 9.33. The van der Waals surface area contributed by atoms with Crippen molar-refractivity contribution in [3.8, 4) is 22.3 Å². The number of thioether (sulfide) groups is 1. The van der Waals surface area contributed by atoms with E-state index in [0.717, 1.165) is 12.8 Å². The predicted molar refractivity (Wildman–Crippen MR) is 195 cm³/mol. The zero-order valence-electron chi connectivity index (χ0n) is 25.0. The van der Waals surface area contributed by atoms with Gasteiger partial charge in [-0.1, -0.05) is 144 Å². The van der Waals surface area contributed by atoms with Crippen molar-refractivity contribution < 1.29 is 0 Å². The van der Waals surface area contributed by atoms with Crippen LogP contribution in [0.2, 0.25) is 0 Å². The highest BCUT2D eigenvalue weighted by atomic mass is 32.2. The number of thiophene rings is 1. The lowest BCUT2D eigenvalue weighted by Gasteiger charge is -2.21. The van der Waals surface area contributed by atoms with E-state index in [-0.39, 0.29) is 6.17 Å². The molecular formula is C41H29N3S2. The van der Waals surface area contributed by atoms with Crippen molar-refractivity contribution >= 4 is 54.7 Å². The maximum Gasteiger partial charge on any atom is 0.163 e. The van der Waals surface area contributed by atoms with Gasteiger partial charge in [0.25, 0.3) is 0 Å². The largest absolute Gasteiger partial charge is 0.257 e. The second kappa shape index (κ2) is 10.4. The Hall–Kier alpha value is -4.81. The van der Waals surface area contributed by atoms with Crippen LogP contribution in [0.5, 0.6) is 0 Å². The van der Waals surface area contributed by atoms with Gasteiger partial charge < -0.3 is 0 Å². The molecule has 1 saturated heterocycles. The predicted octanol–water partition coefficient (Wildman–Crippen LogP) is 11.2. The molecule has 1 aliphatic carbocycles. The van der Waals surface area contributed by atoms with Crippen molar-refractivity contribution in [2.45, 2.75) is 23.9 Å². The molecule has 0 spiro atoms. The van der Waals surface area contributed by atoms with Crippen LogP contribution in [0.4, 0.5) is 5.69 Å². The molecule has 0 bridgehead atoms. The first-order valence-electron chi connectivity index (χ1n) is 15.9. The first-order valence-corrected chi connectivity index (χ1v) is 17.5. The zero-order valence-corrected chi connectivity index (χ0v) is 26.6. The molecule has 1 fully saturated rings. The average molecular weight is 628 g/mol. The minimum Gasteiger partial charge on any atom is -0.257 e. The molecular weight excluding hydrogens is 599 g/mol. The van der Waals surface area contributed by atoms with Crippen LogP contribution in [0.1, 0.15) is 18.4 Å². The van der Waals surface area contributed by atoms with Crippen molar-refractivity contribution in [1.29, 1.82) is 0 Å². The summed E-state index contributed by atoms with van der Waals surface area (Å²) >= 11 is 3.80. The fourth-order valence-corrected chi connectivity index (χ4v) is 9.65. The van der Waals surface area contributed by atoms with Gasteiger partial charge in [0.1, 0.15) is 5.03 Å². The van der Waals surface area contributed by atoms with E-state index in [9.17, 15) is 0 Å². The number of hydrazine groups is 2. The van der Waals surface area contributed by atoms with Gasteiger partial charge in [-0.25, -0.2) is 5.01 Å². The zero-order chi connectivity index (χ0) is 30.2. The van der Waals surface area contributed by atoms with E-state index in [4.69, 9.17) is 0 Å². The Labute approximate surface area is 276 Å². The topological polar surface area (TPSA) is 9.26 Å². The highest BCUT2D eigenvalue weighted by Gasteiger charge is 2.61. The van der Waals surface area contributed by atoms with Gasteiger partial charge in [0, 0.05) is 41.8 Å². The van der Waals surface area contributed by atoms with Gasteiger partial charge in [-0.15, -0.1) is 11.3 Å². The summed E-state index contributed by atoms with van der Waals surface area (Å²) in [6, 6.07) is 42.2. The number of hydrogen-bond acceptors (Lipinski definition) is 5. The number of hydrogen-bond donors (Lipinski definition) is 0. The average Bonchev–Trinajstić information content (AvgIpc) is 3.35. The molecule has 0 saturated carbocycles. The van der Waals surface area contributed by atoms with E-state index in [1.807, 2.05) is 23.1 Å². The molecule has 0 radical (unpaired) electrons. The molecule has 2 unspecified atom stereocenters. The van der Waals surface area contributed by atoms with Crippen LogP contribution in [-0.4, -0.2) is 16.3 Å². The molecule has 1 aromatic heterocycles. The van der Waals surface area contributed by atoms with Gasteiger partial charge in [0.05, 0.1) is 11.4 Å². The van der Waals surface area contributed by atoms with Gasteiger partial charge >= 0.3 is 0 Å². The summed E-state index contributed by atoms with van der Waals surface area (Å²) in [5.74, 6) is 0. The molecule has 4 aliphatic rings.